The Morgan fingerprint density at radius 2 is 1.64 bits per heavy atom. The minimum absolute atomic E-state index is 0.0642. The van der Waals surface area contributed by atoms with Gasteiger partial charge in [0.25, 0.3) is 11.5 Å². The maximum atomic E-state index is 13.7. The quantitative estimate of drug-likeness (QED) is 0.251. The van der Waals surface area contributed by atoms with Crippen LogP contribution >= 0.6 is 11.6 Å². The summed E-state index contributed by atoms with van der Waals surface area (Å²) in [6.07, 6.45) is 0. The third kappa shape index (κ3) is 6.24. The summed E-state index contributed by atoms with van der Waals surface area (Å²) in [6, 6.07) is 23.5. The number of nitrogens with zero attached hydrogens (tertiary/aromatic N) is 2. The maximum absolute atomic E-state index is 13.7. The molecule has 5 aromatic rings. The molecule has 11 nitrogen and oxygen atoms in total. The lowest BCUT2D eigenvalue weighted by molar-refractivity contribution is -0.116. The molecule has 4 aromatic carbocycles. The van der Waals surface area contributed by atoms with E-state index in [1.165, 1.54) is 11.7 Å². The van der Waals surface area contributed by atoms with E-state index >= 15 is 0 Å². The molecule has 6 rings (SSSR count). The molecule has 0 saturated carbocycles. The van der Waals surface area contributed by atoms with Crippen LogP contribution in [0.1, 0.15) is 21.5 Å². The van der Waals surface area contributed by atoms with Crippen molar-refractivity contribution in [2.75, 3.05) is 19.2 Å². The first-order valence-corrected chi connectivity index (χ1v) is 14.3. The van der Waals surface area contributed by atoms with Crippen LogP contribution in [-0.4, -0.2) is 34.9 Å². The molecule has 0 radical (unpaired) electrons. The topological polar surface area (TPSA) is 130 Å². The number of aromatic nitrogens is 2. The average molecular weight is 627 g/mol. The fraction of sp³-hybridized carbons (Fsp3) is 0.152. The Kier molecular flexibility index (Phi) is 8.26. The highest BCUT2D eigenvalue weighted by atomic mass is 35.5. The van der Waals surface area contributed by atoms with Gasteiger partial charge in [0.2, 0.25) is 12.7 Å². The molecule has 45 heavy (non-hydrogen) atoms. The first kappa shape index (κ1) is 29.5. The van der Waals surface area contributed by atoms with Crippen LogP contribution in [0, 0.1) is 0 Å². The van der Waals surface area contributed by atoms with Crippen LogP contribution in [-0.2, 0) is 24.4 Å². The van der Waals surface area contributed by atoms with Crippen molar-refractivity contribution in [3.05, 3.63) is 127 Å². The molecule has 1 aliphatic heterocycles. The van der Waals surface area contributed by atoms with E-state index in [1.54, 1.807) is 72.8 Å². The fourth-order valence-corrected chi connectivity index (χ4v) is 5.23. The normalized spacial score (nSPS) is 11.8. The van der Waals surface area contributed by atoms with Crippen LogP contribution in [0.15, 0.2) is 94.5 Å². The molecule has 0 spiro atoms. The lowest BCUT2D eigenvalue weighted by atomic mass is 10.1. The van der Waals surface area contributed by atoms with Gasteiger partial charge in [0, 0.05) is 17.1 Å². The second kappa shape index (κ2) is 12.6. The van der Waals surface area contributed by atoms with E-state index in [0.29, 0.717) is 51.1 Å². The van der Waals surface area contributed by atoms with Crippen molar-refractivity contribution in [3.63, 3.8) is 0 Å². The number of nitrogens with one attached hydrogen (secondary N) is 2. The minimum atomic E-state index is -0.655. The van der Waals surface area contributed by atoms with Crippen LogP contribution in [0.3, 0.4) is 0 Å². The number of benzene rings is 4. The van der Waals surface area contributed by atoms with Gasteiger partial charge in [-0.25, -0.2) is 4.79 Å². The van der Waals surface area contributed by atoms with Crippen molar-refractivity contribution in [1.82, 2.24) is 14.5 Å². The van der Waals surface area contributed by atoms with E-state index in [2.05, 4.69) is 10.6 Å². The number of hydrogen-bond donors (Lipinski definition) is 2. The molecule has 12 heteroatoms. The van der Waals surface area contributed by atoms with Gasteiger partial charge in [0.05, 0.1) is 30.2 Å². The Balaban J connectivity index is 1.20. The number of ether oxygens (including phenoxy) is 3. The highest BCUT2D eigenvalue weighted by Crippen LogP contribution is 2.32. The second-order valence-electron chi connectivity index (χ2n) is 10.2. The molecule has 0 unspecified atom stereocenters. The standard InChI is InChI=1S/C33H27ClN4O7/c1-43-27-13-11-23(34)15-25(27)36-30(39)18-37-26-5-3-2-4-24(26)32(41)38(33(37)42)17-20-6-9-22(10-7-20)31(40)35-16-21-8-12-28-29(14-21)45-19-44-28/h2-15H,16-19H2,1H3,(H,35,40)(H,36,39). The summed E-state index contributed by atoms with van der Waals surface area (Å²) in [5, 5.41) is 6.28. The number of rotatable bonds is 9. The predicted molar refractivity (Wildman–Crippen MR) is 168 cm³/mol. The van der Waals surface area contributed by atoms with Crippen LogP contribution in [0.25, 0.3) is 10.9 Å². The molecular formula is C33H27ClN4O7. The third-order valence-corrected chi connectivity index (χ3v) is 7.55. The molecule has 2 heterocycles. The number of methoxy groups -OCH3 is 1. The lowest BCUT2D eigenvalue weighted by Crippen LogP contribution is -2.42. The van der Waals surface area contributed by atoms with Gasteiger partial charge in [-0.1, -0.05) is 41.9 Å². The van der Waals surface area contributed by atoms with Crippen LogP contribution < -0.4 is 36.1 Å². The Labute approximate surface area is 261 Å². The van der Waals surface area contributed by atoms with E-state index < -0.39 is 17.2 Å². The molecule has 1 aromatic heterocycles. The van der Waals surface area contributed by atoms with Crippen molar-refractivity contribution < 1.29 is 23.8 Å². The maximum Gasteiger partial charge on any atom is 0.332 e. The Morgan fingerprint density at radius 3 is 2.44 bits per heavy atom. The average Bonchev–Trinajstić information content (AvgIpc) is 3.52. The van der Waals surface area contributed by atoms with Gasteiger partial charge in [-0.05, 0) is 65.7 Å². The molecule has 0 aliphatic carbocycles. The van der Waals surface area contributed by atoms with Gasteiger partial charge in [0.1, 0.15) is 12.3 Å². The molecular weight excluding hydrogens is 600 g/mol. The summed E-state index contributed by atoms with van der Waals surface area (Å²) >= 11 is 6.09. The summed E-state index contributed by atoms with van der Waals surface area (Å²) in [4.78, 5) is 52.9. The van der Waals surface area contributed by atoms with Crippen molar-refractivity contribution in [2.45, 2.75) is 19.6 Å². The van der Waals surface area contributed by atoms with Crippen molar-refractivity contribution in [3.8, 4) is 17.2 Å². The highest BCUT2D eigenvalue weighted by Gasteiger charge is 2.18. The molecule has 0 fully saturated rings. The predicted octanol–water partition coefficient (Wildman–Crippen LogP) is 4.17. The Bertz CT molecular complexity index is 2050. The van der Waals surface area contributed by atoms with Crippen LogP contribution in [0.5, 0.6) is 17.2 Å². The smallest absolute Gasteiger partial charge is 0.332 e. The fourth-order valence-electron chi connectivity index (χ4n) is 5.05. The molecule has 0 atom stereocenters. The number of para-hydroxylation sites is 1. The number of hydrogen-bond acceptors (Lipinski definition) is 7. The Morgan fingerprint density at radius 1 is 0.889 bits per heavy atom. The number of halogens is 1. The van der Waals surface area contributed by atoms with Crippen LogP contribution in [0.4, 0.5) is 5.69 Å². The summed E-state index contributed by atoms with van der Waals surface area (Å²) in [5.74, 6) is 0.909. The first-order valence-electron chi connectivity index (χ1n) is 13.9. The molecule has 228 valence electrons. The van der Waals surface area contributed by atoms with Crippen LogP contribution in [0.2, 0.25) is 5.02 Å². The van der Waals surface area contributed by atoms with Crippen molar-refractivity contribution in [1.29, 1.82) is 0 Å². The van der Waals surface area contributed by atoms with E-state index in [1.807, 2.05) is 12.1 Å². The summed E-state index contributed by atoms with van der Waals surface area (Å²) < 4.78 is 18.3. The molecule has 0 saturated heterocycles. The van der Waals surface area contributed by atoms with Gasteiger partial charge in [0.15, 0.2) is 11.5 Å². The summed E-state index contributed by atoms with van der Waals surface area (Å²) in [5.41, 5.74) is 1.42. The summed E-state index contributed by atoms with van der Waals surface area (Å²) in [6.45, 7) is 0.0373. The largest absolute Gasteiger partial charge is 0.495 e. The van der Waals surface area contributed by atoms with E-state index in [9.17, 15) is 19.2 Å². The number of fused-ring (bicyclic) bond motifs is 2. The zero-order valence-electron chi connectivity index (χ0n) is 24.0. The number of carbonyl (C=O) groups excluding carboxylic acids is 2. The van der Waals surface area contributed by atoms with E-state index in [4.69, 9.17) is 25.8 Å². The van der Waals surface area contributed by atoms with Gasteiger partial charge < -0.3 is 24.8 Å². The molecule has 0 bridgehead atoms. The molecule has 2 amide bonds. The van der Waals surface area contributed by atoms with Gasteiger partial charge >= 0.3 is 5.69 Å². The third-order valence-electron chi connectivity index (χ3n) is 7.32. The monoisotopic (exact) mass is 626 g/mol. The van der Waals surface area contributed by atoms with Crippen molar-refractivity contribution in [2.24, 2.45) is 0 Å². The van der Waals surface area contributed by atoms with Crippen molar-refractivity contribution >= 4 is 40.0 Å². The van der Waals surface area contributed by atoms with Gasteiger partial charge in [-0.15, -0.1) is 0 Å². The molecule has 2 N–H and O–H groups in total. The summed E-state index contributed by atoms with van der Waals surface area (Å²) in [7, 11) is 1.47. The van der Waals surface area contributed by atoms with Gasteiger partial charge in [-0.2, -0.15) is 0 Å². The lowest BCUT2D eigenvalue weighted by Gasteiger charge is -2.15. The zero-order chi connectivity index (χ0) is 31.5. The molecule has 1 aliphatic rings. The zero-order valence-corrected chi connectivity index (χ0v) is 24.8. The number of anilines is 1. The minimum Gasteiger partial charge on any atom is -0.495 e. The first-order chi connectivity index (χ1) is 21.8. The second-order valence-corrected chi connectivity index (χ2v) is 10.7. The highest BCUT2D eigenvalue weighted by molar-refractivity contribution is 6.31. The number of carbonyl (C=O) groups is 2. The number of amides is 2. The van der Waals surface area contributed by atoms with E-state index in [0.717, 1.165) is 10.1 Å². The van der Waals surface area contributed by atoms with Gasteiger partial charge in [-0.3, -0.25) is 23.5 Å². The van der Waals surface area contributed by atoms with E-state index in [-0.39, 0.29) is 31.2 Å². The Hall–Kier alpha value is -5.55. The SMILES string of the molecule is COc1ccc(Cl)cc1NC(=O)Cn1c(=O)n(Cc2ccc(C(=O)NCc3ccc4c(c3)OCO4)cc2)c(=O)c2ccccc21.